The maximum atomic E-state index is 10.5. The maximum absolute atomic E-state index is 10.5. The number of hydrogen-bond donors (Lipinski definition) is 2. The van der Waals surface area contributed by atoms with E-state index in [1.807, 2.05) is 0 Å². The number of quaternary nitrogens is 1. The first-order valence-electron chi connectivity index (χ1n) is 5.06. The number of carbonyl (C=O) groups is 1. The first-order valence-corrected chi connectivity index (χ1v) is 3.15. The van der Waals surface area contributed by atoms with Crippen LogP contribution in [-0.2, 0) is 4.79 Å². The smallest absolute Gasteiger partial charge is 0.306 e. The van der Waals surface area contributed by atoms with Gasteiger partial charge in [0.1, 0.15) is 12.6 Å². The average Bonchev–Trinajstić information content (AvgIpc) is 2.00. The van der Waals surface area contributed by atoms with Gasteiger partial charge in [0.05, 0.1) is 31.7 Å². The van der Waals surface area contributed by atoms with Gasteiger partial charge in [0.15, 0.2) is 0 Å². The summed E-state index contributed by atoms with van der Waals surface area (Å²) in [6.07, 6.45) is -3.32. The van der Waals surface area contributed by atoms with Crippen LogP contribution in [0.25, 0.3) is 0 Å². The van der Waals surface area contributed by atoms with Crippen LogP contribution in [-0.4, -0.2) is 55.8 Å². The van der Waals surface area contributed by atoms with E-state index in [1.165, 1.54) is 21.1 Å². The molecule has 0 radical (unpaired) electrons. The monoisotopic (exact) mass is 166 g/mol. The van der Waals surface area contributed by atoms with Gasteiger partial charge in [0.2, 0.25) is 1.43 Å². The molecule has 0 saturated carbocycles. The van der Waals surface area contributed by atoms with Gasteiger partial charge in [-0.3, -0.25) is 4.79 Å². The van der Waals surface area contributed by atoms with Gasteiger partial charge in [-0.25, -0.2) is 0 Å². The van der Waals surface area contributed by atoms with Crippen molar-refractivity contribution in [2.24, 2.45) is 0 Å². The molecule has 0 aromatic carbocycles. The summed E-state index contributed by atoms with van der Waals surface area (Å²) < 4.78 is 29.3. The number of rotatable bonds is 5. The topological polar surface area (TPSA) is 57.5 Å². The molecule has 1 atom stereocenters. The molecular weight excluding hydrogens is 146 g/mol. The van der Waals surface area contributed by atoms with Crippen LogP contribution in [0.2, 0.25) is 0 Å². The zero-order valence-electron chi connectivity index (χ0n) is 10.9. The van der Waals surface area contributed by atoms with Gasteiger partial charge in [-0.1, -0.05) is 0 Å². The molecule has 11 heavy (non-hydrogen) atoms. The van der Waals surface area contributed by atoms with Crippen LogP contribution in [0.1, 0.15) is 10.5 Å². The highest BCUT2D eigenvalue weighted by molar-refractivity contribution is 5.67. The van der Waals surface area contributed by atoms with Crippen molar-refractivity contribution in [1.29, 1.82) is 1.43 Å². The Kier molecular flexibility index (Phi) is 1.71. The average molecular weight is 166 g/mol. The Morgan fingerprint density at radius 2 is 2.36 bits per heavy atom. The van der Waals surface area contributed by atoms with Crippen LogP contribution in [0.3, 0.4) is 0 Å². The molecule has 0 saturated heterocycles. The lowest BCUT2D eigenvalue weighted by Crippen LogP contribution is -2.42. The van der Waals surface area contributed by atoms with Gasteiger partial charge >= 0.3 is 5.97 Å². The van der Waals surface area contributed by atoms with Crippen molar-refractivity contribution in [2.75, 3.05) is 27.6 Å². The molecule has 66 valence electrons. The normalized spacial score (nSPS) is 23.9. The van der Waals surface area contributed by atoms with Gasteiger partial charge in [-0.2, -0.15) is 0 Å². The summed E-state index contributed by atoms with van der Waals surface area (Å²) in [7, 11) is 4.39. The maximum Gasteiger partial charge on any atom is 0.306 e. The zero-order valence-corrected chi connectivity index (χ0v) is 6.92. The third-order valence-corrected chi connectivity index (χ3v) is 0.772. The SMILES string of the molecule is [2H]O[C@]([2H])(CC(=O)O)C([2H])([2H])[N+](C)(C)C. The lowest BCUT2D eigenvalue weighted by molar-refractivity contribution is -0.873. The predicted molar refractivity (Wildman–Crippen MR) is 41.2 cm³/mol. The molecule has 4 heteroatoms. The van der Waals surface area contributed by atoms with Crippen molar-refractivity contribution in [1.82, 2.24) is 0 Å². The second-order valence-electron chi connectivity index (χ2n) is 3.12. The molecule has 2 N–H and O–H groups in total. The van der Waals surface area contributed by atoms with Crippen molar-refractivity contribution >= 4 is 5.97 Å². The molecule has 0 unspecified atom stereocenters. The third kappa shape index (κ3) is 7.29. The summed E-state index contributed by atoms with van der Waals surface area (Å²) in [5.41, 5.74) is 0. The highest BCUT2D eigenvalue weighted by Crippen LogP contribution is 1.98. The number of carboxylic acids is 1. The molecule has 0 aromatic rings. The minimum Gasteiger partial charge on any atom is -0.481 e. The quantitative estimate of drug-likeness (QED) is 0.543. The van der Waals surface area contributed by atoms with Gasteiger partial charge in [0.25, 0.3) is 0 Å². The largest absolute Gasteiger partial charge is 0.481 e. The molecule has 0 aliphatic rings. The van der Waals surface area contributed by atoms with Crippen LogP contribution < -0.4 is 0 Å². The standard InChI is InChI=1S/C7H15NO3/c1-8(2,3)5-6(9)4-7(10)11/h6,9H,4-5H2,1-3H3/p+1/t6-/m1/s1/i5D2,6D,9D. The Morgan fingerprint density at radius 1 is 1.82 bits per heavy atom. The van der Waals surface area contributed by atoms with Crippen molar-refractivity contribution in [3.05, 3.63) is 0 Å². The van der Waals surface area contributed by atoms with E-state index in [1.54, 1.807) is 0 Å². The fourth-order valence-corrected chi connectivity index (χ4v) is 0.551. The Morgan fingerprint density at radius 3 is 2.64 bits per heavy atom. The molecule has 0 heterocycles. The summed E-state index contributed by atoms with van der Waals surface area (Å²) in [6, 6.07) is 0. The summed E-state index contributed by atoms with van der Waals surface area (Å²) in [5, 5.41) is 12.5. The summed E-state index contributed by atoms with van der Waals surface area (Å²) in [6.45, 7) is -2.31. The van der Waals surface area contributed by atoms with Gasteiger partial charge in [-0.05, 0) is 0 Å². The molecule has 0 amide bonds. The van der Waals surface area contributed by atoms with E-state index in [2.05, 4.69) is 5.11 Å². The molecule has 0 aliphatic heterocycles. The second kappa shape index (κ2) is 3.69. The minimum absolute atomic E-state index is 0.331. The molecule has 4 nitrogen and oxygen atoms in total. The second-order valence-corrected chi connectivity index (χ2v) is 3.12. The molecule has 0 aromatic heterocycles. The fraction of sp³-hybridized carbons (Fsp3) is 0.857. The summed E-state index contributed by atoms with van der Waals surface area (Å²) >= 11 is 0. The first kappa shape index (κ1) is 5.11. The highest BCUT2D eigenvalue weighted by Gasteiger charge is 2.17. The Hall–Kier alpha value is -0.610. The molecule has 0 fully saturated rings. The van der Waals surface area contributed by atoms with Crippen LogP contribution in [0.15, 0.2) is 0 Å². The first-order chi connectivity index (χ1) is 6.48. The number of aliphatic carboxylic acids is 1. The third-order valence-electron chi connectivity index (χ3n) is 0.772. The van der Waals surface area contributed by atoms with E-state index in [9.17, 15) is 4.79 Å². The van der Waals surface area contributed by atoms with Gasteiger partial charge in [0, 0.05) is 0 Å². The lowest BCUT2D eigenvalue weighted by atomic mass is 10.2. The van der Waals surface area contributed by atoms with E-state index in [4.69, 9.17) is 10.7 Å². The number of likely N-dealkylation sites (N-methyl/N-ethyl adjacent to an activating group) is 1. The number of aliphatic hydroxyl groups is 1. The van der Waals surface area contributed by atoms with E-state index in [-0.39, 0.29) is 4.48 Å². The number of hydrogen-bond acceptors (Lipinski definition) is 2. The molecular formula is C7H16NO3+. The van der Waals surface area contributed by atoms with Crippen LogP contribution in [0.4, 0.5) is 0 Å². The van der Waals surface area contributed by atoms with E-state index >= 15 is 0 Å². The summed E-state index contributed by atoms with van der Waals surface area (Å²) in [4.78, 5) is 10.5. The van der Waals surface area contributed by atoms with E-state index < -0.39 is 25.0 Å². The van der Waals surface area contributed by atoms with E-state index in [0.717, 1.165) is 0 Å². The van der Waals surface area contributed by atoms with E-state index in [0.29, 0.717) is 0 Å². The number of carboxylic acid groups (broad SMARTS) is 1. The fourth-order valence-electron chi connectivity index (χ4n) is 0.551. The Balaban J connectivity index is 5.18. The van der Waals surface area contributed by atoms with Crippen molar-refractivity contribution in [3.8, 4) is 0 Å². The Labute approximate surface area is 72.4 Å². The van der Waals surface area contributed by atoms with Crippen LogP contribution >= 0.6 is 0 Å². The molecule has 0 rings (SSSR count). The predicted octanol–water partition coefficient (Wildman–Crippen LogP) is -0.472. The van der Waals surface area contributed by atoms with Crippen molar-refractivity contribution in [2.45, 2.75) is 12.5 Å². The molecule has 0 bridgehead atoms. The summed E-state index contributed by atoms with van der Waals surface area (Å²) in [5.74, 6) is -1.38. The molecule has 0 aliphatic carbocycles. The van der Waals surface area contributed by atoms with Crippen LogP contribution in [0.5, 0.6) is 0 Å². The number of nitrogens with zero attached hydrogens (tertiary/aromatic N) is 1. The zero-order chi connectivity index (χ0) is 12.5. The van der Waals surface area contributed by atoms with Crippen LogP contribution in [0, 0.1) is 0 Å². The van der Waals surface area contributed by atoms with Gasteiger partial charge < -0.3 is 14.7 Å². The minimum atomic E-state index is -2.43. The highest BCUT2D eigenvalue weighted by atomic mass is 16.4. The molecule has 0 spiro atoms. The Bertz CT molecular complexity index is 253. The van der Waals surface area contributed by atoms with Crippen molar-refractivity contribution < 1.29 is 23.6 Å². The van der Waals surface area contributed by atoms with Gasteiger partial charge in [-0.15, -0.1) is 0 Å². The van der Waals surface area contributed by atoms with Crippen molar-refractivity contribution in [3.63, 3.8) is 0 Å². The lowest BCUT2D eigenvalue weighted by Gasteiger charge is -2.25.